The van der Waals surface area contributed by atoms with Crippen LogP contribution < -0.4 is 5.32 Å². The minimum absolute atomic E-state index is 0.0969. The number of hydrogen-bond acceptors (Lipinski definition) is 4. The Bertz CT molecular complexity index is 810. The van der Waals surface area contributed by atoms with Gasteiger partial charge in [-0.05, 0) is 35.6 Å². The molecule has 1 aliphatic heterocycles. The van der Waals surface area contributed by atoms with Gasteiger partial charge in [-0.3, -0.25) is 9.59 Å². The molecule has 1 aliphatic rings. The van der Waals surface area contributed by atoms with Crippen molar-refractivity contribution >= 4 is 34.8 Å². The number of nitriles is 1. The minimum atomic E-state index is -0.519. The monoisotopic (exact) mass is 359 g/mol. The zero-order valence-electron chi connectivity index (χ0n) is 12.7. The van der Waals surface area contributed by atoms with Crippen LogP contribution >= 0.6 is 22.9 Å². The molecule has 2 heterocycles. The number of likely N-dealkylation sites (tertiary alicyclic amines) is 1. The lowest BCUT2D eigenvalue weighted by Crippen LogP contribution is -2.41. The van der Waals surface area contributed by atoms with E-state index in [0.29, 0.717) is 35.0 Å². The van der Waals surface area contributed by atoms with Gasteiger partial charge in [0.2, 0.25) is 5.91 Å². The summed E-state index contributed by atoms with van der Waals surface area (Å²) >= 11 is 7.20. The normalized spacial score (nSPS) is 16.9. The Kier molecular flexibility index (Phi) is 4.84. The highest BCUT2D eigenvalue weighted by atomic mass is 35.5. The number of carbonyl (C=O) groups excluding carboxylic acids is 2. The van der Waals surface area contributed by atoms with Crippen molar-refractivity contribution in [1.29, 1.82) is 5.26 Å². The molecule has 1 aromatic carbocycles. The highest BCUT2D eigenvalue weighted by Crippen LogP contribution is 2.23. The third-order valence-corrected chi connectivity index (χ3v) is 5.22. The Morgan fingerprint density at radius 3 is 2.75 bits per heavy atom. The van der Waals surface area contributed by atoms with Crippen LogP contribution in [0.15, 0.2) is 35.7 Å². The third-order valence-electron chi connectivity index (χ3n) is 3.88. The van der Waals surface area contributed by atoms with Crippen LogP contribution in [0.3, 0.4) is 0 Å². The van der Waals surface area contributed by atoms with E-state index in [1.165, 1.54) is 11.3 Å². The van der Waals surface area contributed by atoms with Crippen molar-refractivity contribution in [2.45, 2.75) is 19.0 Å². The molecule has 1 fully saturated rings. The number of nitrogens with zero attached hydrogens (tertiary/aromatic N) is 2. The molecule has 24 heavy (non-hydrogen) atoms. The summed E-state index contributed by atoms with van der Waals surface area (Å²) < 4.78 is 0. The molecule has 0 spiro atoms. The molecule has 0 aliphatic carbocycles. The largest absolute Gasteiger partial charge is 0.339 e. The molecule has 2 amide bonds. The van der Waals surface area contributed by atoms with Gasteiger partial charge in [0.25, 0.3) is 5.91 Å². The average Bonchev–Trinajstić information content (AvgIpc) is 3.16. The maximum Gasteiger partial charge on any atom is 0.263 e. The van der Waals surface area contributed by atoms with Crippen LogP contribution in [-0.4, -0.2) is 29.3 Å². The first kappa shape index (κ1) is 16.5. The number of rotatable bonds is 4. The van der Waals surface area contributed by atoms with Gasteiger partial charge in [0, 0.05) is 13.1 Å². The van der Waals surface area contributed by atoms with Crippen LogP contribution in [0.2, 0.25) is 5.02 Å². The van der Waals surface area contributed by atoms with Crippen molar-refractivity contribution in [3.8, 4) is 6.07 Å². The number of halogens is 1. The SMILES string of the molecule is N#Cc1ccc(CN2CCC(NC(=O)c3sccc3Cl)C2=O)cc1. The van der Waals surface area contributed by atoms with Gasteiger partial charge in [0.15, 0.2) is 0 Å². The van der Waals surface area contributed by atoms with Gasteiger partial charge in [0.1, 0.15) is 10.9 Å². The first-order valence-electron chi connectivity index (χ1n) is 7.40. The number of nitrogens with one attached hydrogen (secondary N) is 1. The van der Waals surface area contributed by atoms with E-state index in [1.807, 2.05) is 12.1 Å². The van der Waals surface area contributed by atoms with Crippen LogP contribution in [0.25, 0.3) is 0 Å². The van der Waals surface area contributed by atoms with Crippen LogP contribution in [0, 0.1) is 11.3 Å². The van der Waals surface area contributed by atoms with E-state index in [0.717, 1.165) is 5.56 Å². The van der Waals surface area contributed by atoms with Crippen LogP contribution in [-0.2, 0) is 11.3 Å². The van der Waals surface area contributed by atoms with Gasteiger partial charge in [-0.1, -0.05) is 23.7 Å². The molecule has 1 aromatic heterocycles. The van der Waals surface area contributed by atoms with E-state index in [1.54, 1.807) is 28.5 Å². The van der Waals surface area contributed by atoms with E-state index in [4.69, 9.17) is 16.9 Å². The predicted molar refractivity (Wildman–Crippen MR) is 91.8 cm³/mol. The van der Waals surface area contributed by atoms with Gasteiger partial charge in [0.05, 0.1) is 16.7 Å². The average molecular weight is 360 g/mol. The fourth-order valence-corrected chi connectivity index (χ4v) is 3.66. The fourth-order valence-electron chi connectivity index (χ4n) is 2.61. The minimum Gasteiger partial charge on any atom is -0.339 e. The van der Waals surface area contributed by atoms with Gasteiger partial charge >= 0.3 is 0 Å². The van der Waals surface area contributed by atoms with Crippen molar-refractivity contribution in [2.24, 2.45) is 0 Å². The molecular weight excluding hydrogens is 346 g/mol. The van der Waals surface area contributed by atoms with Gasteiger partial charge < -0.3 is 10.2 Å². The molecule has 1 saturated heterocycles. The van der Waals surface area contributed by atoms with E-state index in [9.17, 15) is 9.59 Å². The smallest absolute Gasteiger partial charge is 0.263 e. The van der Waals surface area contributed by atoms with E-state index in [-0.39, 0.29) is 11.8 Å². The Morgan fingerprint density at radius 2 is 2.12 bits per heavy atom. The number of carbonyl (C=O) groups is 2. The molecule has 0 bridgehead atoms. The molecule has 122 valence electrons. The van der Waals surface area contributed by atoms with Crippen LogP contribution in [0.4, 0.5) is 0 Å². The second kappa shape index (κ2) is 7.04. The van der Waals surface area contributed by atoms with Crippen molar-refractivity contribution in [3.05, 3.63) is 56.7 Å². The van der Waals surface area contributed by atoms with Gasteiger partial charge in [-0.2, -0.15) is 5.26 Å². The molecule has 2 aromatic rings. The predicted octanol–water partition coefficient (Wildman–Crippen LogP) is 2.80. The lowest BCUT2D eigenvalue weighted by Gasteiger charge is -2.17. The summed E-state index contributed by atoms with van der Waals surface area (Å²) in [7, 11) is 0. The molecule has 1 N–H and O–H groups in total. The highest BCUT2D eigenvalue weighted by molar-refractivity contribution is 7.12. The Hall–Kier alpha value is -2.36. The summed E-state index contributed by atoms with van der Waals surface area (Å²) in [6.07, 6.45) is 0.573. The summed E-state index contributed by atoms with van der Waals surface area (Å²) in [6.45, 7) is 1.05. The molecule has 1 atom stereocenters. The van der Waals surface area contributed by atoms with Gasteiger partial charge in [-0.25, -0.2) is 0 Å². The molecule has 0 radical (unpaired) electrons. The summed E-state index contributed by atoms with van der Waals surface area (Å²) in [6, 6.07) is 10.3. The maximum absolute atomic E-state index is 12.5. The van der Waals surface area contributed by atoms with Crippen molar-refractivity contribution in [1.82, 2.24) is 10.2 Å². The molecule has 7 heteroatoms. The van der Waals surface area contributed by atoms with E-state index >= 15 is 0 Å². The Labute approximate surface area is 148 Å². The van der Waals surface area contributed by atoms with Crippen molar-refractivity contribution in [2.75, 3.05) is 6.54 Å². The van der Waals surface area contributed by atoms with Gasteiger partial charge in [-0.15, -0.1) is 11.3 Å². The molecule has 3 rings (SSSR count). The lowest BCUT2D eigenvalue weighted by molar-refractivity contribution is -0.129. The topological polar surface area (TPSA) is 73.2 Å². The zero-order chi connectivity index (χ0) is 17.1. The van der Waals surface area contributed by atoms with Crippen LogP contribution in [0.5, 0.6) is 0 Å². The first-order valence-corrected chi connectivity index (χ1v) is 8.66. The van der Waals surface area contributed by atoms with E-state index in [2.05, 4.69) is 11.4 Å². The third kappa shape index (κ3) is 3.42. The highest BCUT2D eigenvalue weighted by Gasteiger charge is 2.33. The molecule has 5 nitrogen and oxygen atoms in total. The number of thiophene rings is 1. The summed E-state index contributed by atoms with van der Waals surface area (Å²) in [5.41, 5.74) is 1.54. The summed E-state index contributed by atoms with van der Waals surface area (Å²) in [5, 5.41) is 13.7. The zero-order valence-corrected chi connectivity index (χ0v) is 14.2. The second-order valence-corrected chi connectivity index (χ2v) is 6.80. The quantitative estimate of drug-likeness (QED) is 0.912. The molecule has 0 saturated carbocycles. The van der Waals surface area contributed by atoms with Crippen LogP contribution in [0.1, 0.15) is 27.2 Å². The number of amides is 2. The number of hydrogen-bond donors (Lipinski definition) is 1. The van der Waals surface area contributed by atoms with E-state index < -0.39 is 6.04 Å². The first-order chi connectivity index (χ1) is 11.6. The number of benzene rings is 1. The summed E-state index contributed by atoms with van der Waals surface area (Å²) in [4.78, 5) is 26.8. The molecular formula is C17H14ClN3O2S. The van der Waals surface area contributed by atoms with Crippen molar-refractivity contribution < 1.29 is 9.59 Å². The standard InChI is InChI=1S/C17H14ClN3O2S/c18-13-6-8-24-15(13)16(22)20-14-5-7-21(17(14)23)10-12-3-1-11(9-19)2-4-12/h1-4,6,8,14H,5,7,10H2,(H,20,22). The maximum atomic E-state index is 12.5. The lowest BCUT2D eigenvalue weighted by atomic mass is 10.1. The molecule has 1 unspecified atom stereocenters. The Morgan fingerprint density at radius 1 is 1.38 bits per heavy atom. The second-order valence-electron chi connectivity index (χ2n) is 5.48. The summed E-state index contributed by atoms with van der Waals surface area (Å²) in [5.74, 6) is -0.408. The van der Waals surface area contributed by atoms with Crippen molar-refractivity contribution in [3.63, 3.8) is 0 Å². The Balaban J connectivity index is 1.61. The fraction of sp³-hybridized carbons (Fsp3) is 0.235.